The van der Waals surface area contributed by atoms with Gasteiger partial charge in [0.25, 0.3) is 0 Å². The smallest absolute Gasteiger partial charge is 0.349 e. The van der Waals surface area contributed by atoms with E-state index < -0.39 is 16.0 Å². The molecule has 2 heterocycles. The number of sulfonamides is 1. The van der Waals surface area contributed by atoms with Crippen molar-refractivity contribution in [3.63, 3.8) is 0 Å². The van der Waals surface area contributed by atoms with Gasteiger partial charge in [-0.1, -0.05) is 0 Å². The van der Waals surface area contributed by atoms with Crippen molar-refractivity contribution in [3.05, 3.63) is 15.8 Å². The van der Waals surface area contributed by atoms with E-state index in [4.69, 9.17) is 9.47 Å². The number of carbonyl (C=O) groups excluding carboxylic acids is 1. The van der Waals surface area contributed by atoms with Crippen molar-refractivity contribution in [2.45, 2.75) is 17.9 Å². The first-order chi connectivity index (χ1) is 9.95. The van der Waals surface area contributed by atoms with Crippen molar-refractivity contribution in [2.75, 3.05) is 33.5 Å². The Bertz CT molecular complexity index is 603. The second kappa shape index (κ2) is 6.84. The average molecular weight is 335 g/mol. The molecule has 1 aromatic rings. The zero-order chi connectivity index (χ0) is 15.5. The van der Waals surface area contributed by atoms with E-state index in [0.29, 0.717) is 25.4 Å². The minimum Gasteiger partial charge on any atom is -0.465 e. The highest BCUT2D eigenvalue weighted by Gasteiger charge is 2.28. The fraction of sp³-hybridized carbons (Fsp3) is 0.583. The predicted octanol–water partition coefficient (Wildman–Crippen LogP) is 0.537. The monoisotopic (exact) mass is 335 g/mol. The Morgan fingerprint density at radius 2 is 2.29 bits per heavy atom. The molecule has 1 atom stereocenters. The van der Waals surface area contributed by atoms with Crippen LogP contribution >= 0.6 is 11.3 Å². The molecule has 1 unspecified atom stereocenters. The Morgan fingerprint density at radius 1 is 1.52 bits per heavy atom. The molecule has 0 bridgehead atoms. The molecule has 0 amide bonds. The van der Waals surface area contributed by atoms with Crippen LogP contribution in [0.25, 0.3) is 0 Å². The van der Waals surface area contributed by atoms with Gasteiger partial charge in [0.2, 0.25) is 10.0 Å². The molecular formula is C12H17NO6S2. The van der Waals surface area contributed by atoms with Gasteiger partial charge in [-0.2, -0.15) is 0 Å². The third-order valence-corrected chi connectivity index (χ3v) is 5.76. The quantitative estimate of drug-likeness (QED) is 0.790. The predicted molar refractivity (Wildman–Crippen MR) is 76.1 cm³/mol. The number of hydrogen-bond donors (Lipinski definition) is 1. The summed E-state index contributed by atoms with van der Waals surface area (Å²) in [4.78, 5) is 11.7. The summed E-state index contributed by atoms with van der Waals surface area (Å²) in [6.45, 7) is 3.03. The van der Waals surface area contributed by atoms with Gasteiger partial charge in [0, 0.05) is 6.54 Å². The Balaban J connectivity index is 2.15. The topological polar surface area (TPSA) is 90.9 Å². The largest absolute Gasteiger partial charge is 0.465 e. The molecule has 1 aromatic heterocycles. The third-order valence-electron chi connectivity index (χ3n) is 2.94. The molecule has 1 aliphatic rings. The summed E-state index contributed by atoms with van der Waals surface area (Å²) in [6, 6.07) is 0. The number of ether oxygens (including phenoxy) is 3. The number of carbonyl (C=O) groups is 1. The van der Waals surface area contributed by atoms with E-state index >= 15 is 0 Å². The van der Waals surface area contributed by atoms with E-state index in [1.165, 1.54) is 7.11 Å². The minimum atomic E-state index is -3.81. The van der Waals surface area contributed by atoms with Gasteiger partial charge >= 0.3 is 5.97 Å². The molecule has 2 rings (SSSR count). The van der Waals surface area contributed by atoms with Crippen LogP contribution in [0.4, 0.5) is 0 Å². The summed E-state index contributed by atoms with van der Waals surface area (Å²) in [5.74, 6) is -0.661. The molecule has 21 heavy (non-hydrogen) atoms. The number of methoxy groups -OCH3 is 1. The van der Waals surface area contributed by atoms with E-state index in [1.54, 1.807) is 12.3 Å². The first kappa shape index (κ1) is 16.4. The molecule has 1 saturated heterocycles. The molecule has 0 saturated carbocycles. The molecule has 0 radical (unpaired) electrons. The molecule has 0 spiro atoms. The van der Waals surface area contributed by atoms with Crippen LogP contribution in [-0.2, 0) is 24.2 Å². The highest BCUT2D eigenvalue weighted by Crippen LogP contribution is 2.27. The van der Waals surface area contributed by atoms with E-state index in [2.05, 4.69) is 9.46 Å². The first-order valence-corrected chi connectivity index (χ1v) is 8.67. The van der Waals surface area contributed by atoms with Gasteiger partial charge < -0.3 is 14.2 Å². The maximum Gasteiger partial charge on any atom is 0.349 e. The second-order valence-corrected chi connectivity index (χ2v) is 7.07. The molecular weight excluding hydrogens is 318 g/mol. The van der Waals surface area contributed by atoms with E-state index in [1.807, 2.05) is 0 Å². The third kappa shape index (κ3) is 3.80. The zero-order valence-electron chi connectivity index (χ0n) is 11.7. The lowest BCUT2D eigenvalue weighted by Gasteiger charge is -2.23. The minimum absolute atomic E-state index is 0.0314. The fourth-order valence-electron chi connectivity index (χ4n) is 1.93. The summed E-state index contributed by atoms with van der Waals surface area (Å²) in [6.07, 6.45) is -0.325. The molecule has 1 aliphatic heterocycles. The van der Waals surface area contributed by atoms with Gasteiger partial charge in [-0.3, -0.25) is 0 Å². The van der Waals surface area contributed by atoms with Gasteiger partial charge in [0.05, 0.1) is 33.0 Å². The highest BCUT2D eigenvalue weighted by atomic mass is 32.2. The zero-order valence-corrected chi connectivity index (χ0v) is 13.4. The summed E-state index contributed by atoms with van der Waals surface area (Å²) < 4.78 is 42.4. The van der Waals surface area contributed by atoms with Crippen LogP contribution in [0, 0.1) is 6.92 Å². The van der Waals surface area contributed by atoms with E-state index in [0.717, 1.165) is 11.3 Å². The van der Waals surface area contributed by atoms with Crippen LogP contribution in [0.15, 0.2) is 10.3 Å². The average Bonchev–Trinajstić information content (AvgIpc) is 2.88. The van der Waals surface area contributed by atoms with Crippen LogP contribution in [-0.4, -0.2) is 54.0 Å². The number of nitrogens with one attached hydrogen (secondary N) is 1. The Hall–Kier alpha value is -1.00. The Morgan fingerprint density at radius 3 is 2.90 bits per heavy atom. The summed E-state index contributed by atoms with van der Waals surface area (Å²) in [7, 11) is -2.59. The van der Waals surface area contributed by atoms with Crippen LogP contribution in [0.5, 0.6) is 0 Å². The summed E-state index contributed by atoms with van der Waals surface area (Å²) in [5, 5.41) is 1.61. The normalized spacial score (nSPS) is 19.4. The van der Waals surface area contributed by atoms with E-state index in [-0.39, 0.29) is 22.4 Å². The lowest BCUT2D eigenvalue weighted by Crippen LogP contribution is -2.40. The lowest BCUT2D eigenvalue weighted by molar-refractivity contribution is -0.0846. The first-order valence-electron chi connectivity index (χ1n) is 6.31. The van der Waals surface area contributed by atoms with Gasteiger partial charge in [-0.15, -0.1) is 11.3 Å². The van der Waals surface area contributed by atoms with E-state index in [9.17, 15) is 13.2 Å². The number of hydrogen-bond acceptors (Lipinski definition) is 7. The number of esters is 1. The van der Waals surface area contributed by atoms with Crippen LogP contribution in [0.1, 0.15) is 15.2 Å². The Kier molecular flexibility index (Phi) is 5.33. The molecule has 0 aromatic carbocycles. The van der Waals surface area contributed by atoms with Crippen molar-refractivity contribution in [3.8, 4) is 0 Å². The van der Waals surface area contributed by atoms with Crippen LogP contribution < -0.4 is 4.72 Å². The lowest BCUT2D eigenvalue weighted by atomic mass is 10.3. The standard InChI is InChI=1S/C12H17NO6S2/c1-8-7-20-10(12(14)17-2)11(8)21(15,16)13-5-9-6-18-3-4-19-9/h7,9,13H,3-6H2,1-2H3. The molecule has 0 aliphatic carbocycles. The van der Waals surface area contributed by atoms with Crippen molar-refractivity contribution in [1.82, 2.24) is 4.72 Å². The van der Waals surface area contributed by atoms with Gasteiger partial charge in [0.1, 0.15) is 9.77 Å². The van der Waals surface area contributed by atoms with Crippen molar-refractivity contribution >= 4 is 27.3 Å². The van der Waals surface area contributed by atoms with Crippen molar-refractivity contribution < 1.29 is 27.4 Å². The number of aryl methyl sites for hydroxylation is 1. The molecule has 118 valence electrons. The number of thiophene rings is 1. The van der Waals surface area contributed by atoms with Crippen molar-refractivity contribution in [2.24, 2.45) is 0 Å². The summed E-state index contributed by atoms with van der Waals surface area (Å²) >= 11 is 1.05. The highest BCUT2D eigenvalue weighted by molar-refractivity contribution is 7.89. The molecule has 9 heteroatoms. The van der Waals surface area contributed by atoms with Crippen molar-refractivity contribution in [1.29, 1.82) is 0 Å². The fourth-order valence-corrected chi connectivity index (χ4v) is 4.70. The Labute approximate surface area is 127 Å². The van der Waals surface area contributed by atoms with Crippen LogP contribution in [0.3, 0.4) is 0 Å². The molecule has 1 N–H and O–H groups in total. The van der Waals surface area contributed by atoms with Gasteiger partial charge in [-0.25, -0.2) is 17.9 Å². The maximum atomic E-state index is 12.4. The van der Waals surface area contributed by atoms with Crippen LogP contribution in [0.2, 0.25) is 0 Å². The maximum absolute atomic E-state index is 12.4. The van der Waals surface area contributed by atoms with Gasteiger partial charge in [-0.05, 0) is 17.9 Å². The second-order valence-electron chi connectivity index (χ2n) is 4.49. The van der Waals surface area contributed by atoms with Gasteiger partial charge in [0.15, 0.2) is 0 Å². The molecule has 1 fully saturated rings. The molecule has 7 nitrogen and oxygen atoms in total. The SMILES string of the molecule is COC(=O)c1scc(C)c1S(=O)(=O)NCC1COCCO1. The summed E-state index contributed by atoms with van der Waals surface area (Å²) in [5.41, 5.74) is 0.508. The number of rotatable bonds is 5.